The number of hydrogen-bond acceptors (Lipinski definition) is 4. The molecule has 0 saturated carbocycles. The summed E-state index contributed by atoms with van der Waals surface area (Å²) in [6.45, 7) is 1.07. The van der Waals surface area contributed by atoms with E-state index in [1.807, 2.05) is 0 Å². The van der Waals surface area contributed by atoms with E-state index in [0.29, 0.717) is 32.0 Å². The summed E-state index contributed by atoms with van der Waals surface area (Å²) in [4.78, 5) is 0. The number of halogens is 3. The normalized spacial score (nSPS) is 18.9. The molecular weight excluding hydrogens is 429 g/mol. The van der Waals surface area contributed by atoms with Gasteiger partial charge in [0.2, 0.25) is 0 Å². The van der Waals surface area contributed by atoms with Crippen molar-refractivity contribution >= 4 is 21.2 Å². The Bertz CT molecular complexity index is 831. The molecule has 1 unspecified atom stereocenters. The fourth-order valence-electron chi connectivity index (χ4n) is 3.16. The molecule has 0 aliphatic carbocycles. The monoisotopic (exact) mass is 456 g/mol. The summed E-state index contributed by atoms with van der Waals surface area (Å²) in [5, 5.41) is 0. The number of piperidine rings is 1. The van der Waals surface area contributed by atoms with Gasteiger partial charge in [0, 0.05) is 45.8 Å². The minimum absolute atomic E-state index is 0.0306. The van der Waals surface area contributed by atoms with Gasteiger partial charge in [-0.15, -0.1) is 0 Å². The molecule has 2 rings (SSSR count). The van der Waals surface area contributed by atoms with Gasteiger partial charge in [0.05, 0.1) is 16.7 Å². The van der Waals surface area contributed by atoms with Crippen LogP contribution in [0.15, 0.2) is 12.1 Å². The molecule has 1 fully saturated rings. The van der Waals surface area contributed by atoms with Gasteiger partial charge in [-0.3, -0.25) is 0 Å². The van der Waals surface area contributed by atoms with Crippen LogP contribution in [0.25, 0.3) is 0 Å². The van der Waals surface area contributed by atoms with Crippen molar-refractivity contribution in [3.63, 3.8) is 0 Å². The van der Waals surface area contributed by atoms with Crippen molar-refractivity contribution in [2.24, 2.45) is 11.7 Å². The smallest absolute Gasteiger partial charge is 0.278 e. The molecule has 1 aliphatic rings. The largest absolute Gasteiger partial charge is 0.327 e. The highest BCUT2D eigenvalue weighted by Crippen LogP contribution is 2.24. The first-order valence-electron chi connectivity index (χ1n) is 9.20. The lowest BCUT2D eigenvalue weighted by Crippen LogP contribution is -2.44. The van der Waals surface area contributed by atoms with Crippen LogP contribution in [0.4, 0.5) is 13.2 Å². The van der Waals surface area contributed by atoms with E-state index in [4.69, 9.17) is 5.73 Å². The summed E-state index contributed by atoms with van der Waals surface area (Å²) < 4.78 is 81.0. The summed E-state index contributed by atoms with van der Waals surface area (Å²) in [5.41, 5.74) is 6.19. The molecule has 1 aliphatic heterocycles. The van der Waals surface area contributed by atoms with Gasteiger partial charge >= 0.3 is 0 Å². The van der Waals surface area contributed by atoms with Gasteiger partial charge in [-0.25, -0.2) is 26.4 Å². The molecule has 1 saturated heterocycles. The van der Waals surface area contributed by atoms with Crippen molar-refractivity contribution in [3.05, 3.63) is 35.1 Å². The van der Waals surface area contributed by atoms with E-state index in [-0.39, 0.29) is 30.2 Å². The molecule has 1 heterocycles. The van der Waals surface area contributed by atoms with Crippen LogP contribution >= 0.6 is 0 Å². The summed E-state index contributed by atoms with van der Waals surface area (Å²) in [5.74, 6) is -2.97. The first kappa shape index (κ1) is 24.2. The van der Waals surface area contributed by atoms with Gasteiger partial charge in [0.1, 0.15) is 5.82 Å². The van der Waals surface area contributed by atoms with Crippen LogP contribution < -0.4 is 10.5 Å². The maximum absolute atomic E-state index is 13.8. The van der Waals surface area contributed by atoms with Crippen molar-refractivity contribution in [2.45, 2.75) is 25.3 Å². The lowest BCUT2D eigenvalue weighted by molar-refractivity contribution is 0.249. The van der Waals surface area contributed by atoms with Crippen LogP contribution in [0.2, 0.25) is 0 Å². The van der Waals surface area contributed by atoms with Crippen LogP contribution in [0.3, 0.4) is 0 Å². The van der Waals surface area contributed by atoms with E-state index in [1.54, 1.807) is 4.31 Å². The SMILES string of the molecule is CN(C)S(=O)(=O)NCCS(=O)N1CCC([C@H](N)Cc2cc(F)c(F)cc2F)CC1. The molecule has 3 N–H and O–H groups in total. The molecule has 2 atom stereocenters. The van der Waals surface area contributed by atoms with Crippen LogP contribution in [0.1, 0.15) is 18.4 Å². The first-order chi connectivity index (χ1) is 13.5. The summed E-state index contributed by atoms with van der Waals surface area (Å²) in [7, 11) is -2.08. The Balaban J connectivity index is 1.81. The molecule has 0 amide bonds. The van der Waals surface area contributed by atoms with E-state index in [9.17, 15) is 25.8 Å². The lowest BCUT2D eigenvalue weighted by atomic mass is 9.87. The molecule has 0 aromatic heterocycles. The van der Waals surface area contributed by atoms with Crippen molar-refractivity contribution < 1.29 is 25.8 Å². The Hall–Kier alpha value is -1.05. The maximum Gasteiger partial charge on any atom is 0.278 e. The van der Waals surface area contributed by atoms with Gasteiger partial charge in [0.25, 0.3) is 10.2 Å². The molecule has 29 heavy (non-hydrogen) atoms. The fraction of sp³-hybridized carbons (Fsp3) is 0.647. The average molecular weight is 457 g/mol. The van der Waals surface area contributed by atoms with Crippen LogP contribution in [-0.4, -0.2) is 66.8 Å². The fourth-order valence-corrected chi connectivity index (χ4v) is 5.06. The Morgan fingerprint density at radius 3 is 2.38 bits per heavy atom. The zero-order chi connectivity index (χ0) is 21.8. The third-order valence-corrected chi connectivity index (χ3v) is 8.00. The zero-order valence-electron chi connectivity index (χ0n) is 16.4. The topological polar surface area (TPSA) is 95.7 Å². The van der Waals surface area contributed by atoms with Gasteiger partial charge in [-0.05, 0) is 36.8 Å². The molecule has 0 radical (unpaired) electrons. The second kappa shape index (κ2) is 10.3. The van der Waals surface area contributed by atoms with Crippen molar-refractivity contribution in [1.29, 1.82) is 0 Å². The predicted octanol–water partition coefficient (Wildman–Crippen LogP) is 0.745. The Morgan fingerprint density at radius 1 is 1.21 bits per heavy atom. The van der Waals surface area contributed by atoms with Crippen LogP contribution in [0.5, 0.6) is 0 Å². The van der Waals surface area contributed by atoms with Crippen LogP contribution in [-0.2, 0) is 27.6 Å². The van der Waals surface area contributed by atoms with Crippen molar-refractivity contribution in [3.8, 4) is 0 Å². The Kier molecular flexibility index (Phi) is 8.61. The molecular formula is C17H27F3N4O3S2. The van der Waals surface area contributed by atoms with E-state index in [0.717, 1.165) is 10.4 Å². The second-order valence-electron chi connectivity index (χ2n) is 7.20. The van der Waals surface area contributed by atoms with E-state index < -0.39 is 44.7 Å². The van der Waals surface area contributed by atoms with Crippen molar-refractivity contribution in [2.75, 3.05) is 39.5 Å². The maximum atomic E-state index is 13.8. The Labute approximate surface area is 172 Å². The average Bonchev–Trinajstić information content (AvgIpc) is 2.65. The standard InChI is InChI=1S/C17H27F3N4O3S2/c1-23(2)29(26,27)22-5-8-28(25)24-6-3-12(4-7-24)17(21)10-13-9-15(19)16(20)11-14(13)18/h9,11-12,17,22H,3-8,10,21H2,1-2H3/t17-,28?/m1/s1. The van der Waals surface area contributed by atoms with Gasteiger partial charge < -0.3 is 5.73 Å². The third kappa shape index (κ3) is 6.72. The zero-order valence-corrected chi connectivity index (χ0v) is 18.0. The molecule has 0 bridgehead atoms. The molecule has 0 spiro atoms. The van der Waals surface area contributed by atoms with E-state index >= 15 is 0 Å². The van der Waals surface area contributed by atoms with Gasteiger partial charge in [0.15, 0.2) is 11.6 Å². The minimum atomic E-state index is -3.55. The summed E-state index contributed by atoms with van der Waals surface area (Å²) in [6, 6.07) is 0.925. The third-order valence-electron chi connectivity index (χ3n) is 4.98. The lowest BCUT2D eigenvalue weighted by Gasteiger charge is -2.34. The highest BCUT2D eigenvalue weighted by Gasteiger charge is 2.28. The number of nitrogens with two attached hydrogens (primary N) is 1. The Morgan fingerprint density at radius 2 is 1.79 bits per heavy atom. The number of hydrogen-bond donors (Lipinski definition) is 2. The van der Waals surface area contributed by atoms with E-state index in [1.165, 1.54) is 14.1 Å². The summed E-state index contributed by atoms with van der Waals surface area (Å²) >= 11 is 0. The molecule has 12 heteroatoms. The highest BCUT2D eigenvalue weighted by molar-refractivity contribution is 7.87. The number of nitrogens with zero attached hydrogens (tertiary/aromatic N) is 2. The highest BCUT2D eigenvalue weighted by atomic mass is 32.2. The molecule has 1 aromatic carbocycles. The molecule has 7 nitrogen and oxygen atoms in total. The minimum Gasteiger partial charge on any atom is -0.327 e. The molecule has 166 valence electrons. The second-order valence-corrected chi connectivity index (χ2v) is 10.7. The van der Waals surface area contributed by atoms with Crippen molar-refractivity contribution in [1.82, 2.24) is 13.3 Å². The van der Waals surface area contributed by atoms with Gasteiger partial charge in [-0.1, -0.05) is 0 Å². The number of nitrogens with one attached hydrogen (secondary N) is 1. The number of rotatable bonds is 9. The predicted molar refractivity (Wildman–Crippen MR) is 106 cm³/mol. The molecule has 1 aromatic rings. The number of benzene rings is 1. The summed E-state index contributed by atoms with van der Waals surface area (Å²) in [6.07, 6.45) is 1.34. The van der Waals surface area contributed by atoms with Crippen LogP contribution in [0, 0.1) is 23.4 Å². The quantitative estimate of drug-likeness (QED) is 0.536. The first-order valence-corrected chi connectivity index (χ1v) is 11.9. The van der Waals surface area contributed by atoms with E-state index in [2.05, 4.69) is 4.72 Å². The van der Waals surface area contributed by atoms with Gasteiger partial charge in [-0.2, -0.15) is 12.7 Å².